The van der Waals surface area contributed by atoms with Gasteiger partial charge in [-0.1, -0.05) is 57.3 Å². The van der Waals surface area contributed by atoms with E-state index in [0.717, 1.165) is 10.2 Å². The van der Waals surface area contributed by atoms with Crippen LogP contribution in [0.15, 0.2) is 46.9 Å². The Kier molecular flexibility index (Phi) is 4.55. The van der Waals surface area contributed by atoms with Crippen LogP contribution in [-0.4, -0.2) is 0 Å². The fourth-order valence-corrected chi connectivity index (χ4v) is 2.30. The molecule has 2 aromatic rings. The summed E-state index contributed by atoms with van der Waals surface area (Å²) in [6.45, 7) is 2.08. The fourth-order valence-electron chi connectivity index (χ4n) is 1.68. The van der Waals surface area contributed by atoms with E-state index in [1.165, 1.54) is 5.56 Å². The number of rotatable bonds is 3. The smallest absolute Gasteiger partial charge is 0.0823 e. The minimum absolute atomic E-state index is 0.161. The number of anilines is 1. The standard InChI is InChI=1S/C14H12BrCl2N/c1-9(10-5-7-11(15)8-6-10)18-13-4-2-3-12(16)14(13)17/h2-9,18H,1H3. The van der Waals surface area contributed by atoms with E-state index in [9.17, 15) is 0 Å². The molecule has 2 rings (SSSR count). The van der Waals surface area contributed by atoms with Crippen LogP contribution in [0.25, 0.3) is 0 Å². The number of hydrogen-bond donors (Lipinski definition) is 1. The van der Waals surface area contributed by atoms with Crippen LogP contribution in [0.5, 0.6) is 0 Å². The number of hydrogen-bond acceptors (Lipinski definition) is 1. The molecule has 0 aromatic heterocycles. The monoisotopic (exact) mass is 343 g/mol. The van der Waals surface area contributed by atoms with Crippen molar-refractivity contribution < 1.29 is 0 Å². The van der Waals surface area contributed by atoms with Gasteiger partial charge in [-0.05, 0) is 36.8 Å². The van der Waals surface area contributed by atoms with E-state index < -0.39 is 0 Å². The van der Waals surface area contributed by atoms with E-state index in [2.05, 4.69) is 40.3 Å². The number of nitrogens with one attached hydrogen (secondary N) is 1. The second-order valence-electron chi connectivity index (χ2n) is 4.02. The third kappa shape index (κ3) is 3.19. The van der Waals surface area contributed by atoms with Gasteiger partial charge in [-0.3, -0.25) is 0 Å². The lowest BCUT2D eigenvalue weighted by Gasteiger charge is -2.17. The molecule has 0 saturated carbocycles. The fraction of sp³-hybridized carbons (Fsp3) is 0.143. The Hall–Kier alpha value is -0.700. The molecule has 0 radical (unpaired) electrons. The summed E-state index contributed by atoms with van der Waals surface area (Å²) in [7, 11) is 0. The molecule has 94 valence electrons. The van der Waals surface area contributed by atoms with Gasteiger partial charge in [0.05, 0.1) is 15.7 Å². The molecule has 18 heavy (non-hydrogen) atoms. The van der Waals surface area contributed by atoms with Crippen LogP contribution in [0.2, 0.25) is 10.0 Å². The zero-order valence-corrected chi connectivity index (χ0v) is 12.9. The van der Waals surface area contributed by atoms with Crippen LogP contribution < -0.4 is 5.32 Å². The Bertz CT molecular complexity index is 540. The van der Waals surface area contributed by atoms with Crippen molar-refractivity contribution in [2.45, 2.75) is 13.0 Å². The molecule has 0 aliphatic rings. The van der Waals surface area contributed by atoms with Gasteiger partial charge in [0, 0.05) is 10.5 Å². The maximum Gasteiger partial charge on any atom is 0.0823 e. The molecule has 0 aliphatic heterocycles. The minimum Gasteiger partial charge on any atom is -0.377 e. The maximum atomic E-state index is 6.15. The van der Waals surface area contributed by atoms with Crippen molar-refractivity contribution in [2.24, 2.45) is 0 Å². The first-order chi connectivity index (χ1) is 8.58. The predicted molar refractivity (Wildman–Crippen MR) is 82.6 cm³/mol. The third-order valence-corrected chi connectivity index (χ3v) is 4.04. The van der Waals surface area contributed by atoms with E-state index in [-0.39, 0.29) is 6.04 Å². The molecular weight excluding hydrogens is 333 g/mol. The summed E-state index contributed by atoms with van der Waals surface area (Å²) >= 11 is 15.6. The van der Waals surface area contributed by atoms with Crippen LogP contribution in [0.1, 0.15) is 18.5 Å². The average molecular weight is 345 g/mol. The topological polar surface area (TPSA) is 12.0 Å². The molecule has 1 nitrogen and oxygen atoms in total. The SMILES string of the molecule is CC(Nc1cccc(Cl)c1Cl)c1ccc(Br)cc1. The van der Waals surface area contributed by atoms with Crippen molar-refractivity contribution in [3.63, 3.8) is 0 Å². The number of halogens is 3. The third-order valence-electron chi connectivity index (χ3n) is 2.69. The molecule has 0 spiro atoms. The molecule has 0 saturated heterocycles. The molecule has 1 atom stereocenters. The van der Waals surface area contributed by atoms with Crippen molar-refractivity contribution in [1.82, 2.24) is 0 Å². The van der Waals surface area contributed by atoms with Gasteiger partial charge >= 0.3 is 0 Å². The molecule has 0 heterocycles. The van der Waals surface area contributed by atoms with Crippen LogP contribution in [0.4, 0.5) is 5.69 Å². The van der Waals surface area contributed by atoms with Gasteiger partial charge < -0.3 is 5.32 Å². The maximum absolute atomic E-state index is 6.15. The van der Waals surface area contributed by atoms with Crippen molar-refractivity contribution >= 4 is 44.8 Å². The second kappa shape index (κ2) is 5.96. The van der Waals surface area contributed by atoms with Gasteiger partial charge in [0.1, 0.15) is 0 Å². The molecule has 0 bridgehead atoms. The first-order valence-electron chi connectivity index (χ1n) is 5.54. The first-order valence-corrected chi connectivity index (χ1v) is 7.09. The summed E-state index contributed by atoms with van der Waals surface area (Å²) in [6, 6.07) is 13.9. The van der Waals surface area contributed by atoms with E-state index in [1.807, 2.05) is 24.3 Å². The van der Waals surface area contributed by atoms with E-state index in [4.69, 9.17) is 23.2 Å². The van der Waals surface area contributed by atoms with Gasteiger partial charge in [0.2, 0.25) is 0 Å². The highest BCUT2D eigenvalue weighted by atomic mass is 79.9. The predicted octanol–water partition coefficient (Wildman–Crippen LogP) is 5.93. The Morgan fingerprint density at radius 1 is 1.06 bits per heavy atom. The van der Waals surface area contributed by atoms with Gasteiger partial charge in [0.25, 0.3) is 0 Å². The van der Waals surface area contributed by atoms with Crippen LogP contribution in [-0.2, 0) is 0 Å². The van der Waals surface area contributed by atoms with Crippen molar-refractivity contribution in [3.05, 3.63) is 62.5 Å². The Labute approximate surface area is 125 Å². The van der Waals surface area contributed by atoms with Crippen molar-refractivity contribution in [1.29, 1.82) is 0 Å². The lowest BCUT2D eigenvalue weighted by molar-refractivity contribution is 0.884. The zero-order chi connectivity index (χ0) is 13.1. The second-order valence-corrected chi connectivity index (χ2v) is 5.72. The highest BCUT2D eigenvalue weighted by molar-refractivity contribution is 9.10. The van der Waals surface area contributed by atoms with Crippen molar-refractivity contribution in [3.8, 4) is 0 Å². The molecule has 2 aromatic carbocycles. The van der Waals surface area contributed by atoms with Crippen LogP contribution >= 0.6 is 39.1 Å². The van der Waals surface area contributed by atoms with E-state index >= 15 is 0 Å². The van der Waals surface area contributed by atoms with Crippen molar-refractivity contribution in [2.75, 3.05) is 5.32 Å². The van der Waals surface area contributed by atoms with Gasteiger partial charge in [-0.2, -0.15) is 0 Å². The quantitative estimate of drug-likeness (QED) is 0.727. The van der Waals surface area contributed by atoms with Gasteiger partial charge in [-0.15, -0.1) is 0 Å². The Balaban J connectivity index is 2.18. The summed E-state index contributed by atoms with van der Waals surface area (Å²) in [4.78, 5) is 0. The van der Waals surface area contributed by atoms with E-state index in [0.29, 0.717) is 10.0 Å². The highest BCUT2D eigenvalue weighted by Crippen LogP contribution is 2.32. The zero-order valence-electron chi connectivity index (χ0n) is 9.75. The van der Waals surface area contributed by atoms with Gasteiger partial charge in [-0.25, -0.2) is 0 Å². The molecule has 4 heteroatoms. The number of benzene rings is 2. The largest absolute Gasteiger partial charge is 0.377 e. The summed E-state index contributed by atoms with van der Waals surface area (Å²) < 4.78 is 1.07. The molecule has 0 fully saturated rings. The molecular formula is C14H12BrCl2N. The van der Waals surface area contributed by atoms with Crippen LogP contribution in [0.3, 0.4) is 0 Å². The molecule has 0 aliphatic carbocycles. The first kappa shape index (κ1) is 13.7. The van der Waals surface area contributed by atoms with Crippen LogP contribution in [0, 0.1) is 0 Å². The summed E-state index contributed by atoms with van der Waals surface area (Å²) in [5, 5.41) is 4.47. The lowest BCUT2D eigenvalue weighted by Crippen LogP contribution is -2.06. The van der Waals surface area contributed by atoms with Gasteiger partial charge in [0.15, 0.2) is 0 Å². The van der Waals surface area contributed by atoms with E-state index in [1.54, 1.807) is 6.07 Å². The average Bonchev–Trinajstić information content (AvgIpc) is 2.36. The summed E-state index contributed by atoms with van der Waals surface area (Å²) in [5.41, 5.74) is 2.04. The molecule has 0 amide bonds. The minimum atomic E-state index is 0.161. The summed E-state index contributed by atoms with van der Waals surface area (Å²) in [6.07, 6.45) is 0. The normalized spacial score (nSPS) is 12.2. The Morgan fingerprint density at radius 3 is 2.39 bits per heavy atom. The molecule has 1 N–H and O–H groups in total. The summed E-state index contributed by atoms with van der Waals surface area (Å²) in [5.74, 6) is 0. The lowest BCUT2D eigenvalue weighted by atomic mass is 10.1. The highest BCUT2D eigenvalue weighted by Gasteiger charge is 2.09. The Morgan fingerprint density at radius 2 is 1.72 bits per heavy atom. The molecule has 1 unspecified atom stereocenters.